The first-order chi connectivity index (χ1) is 6.72. The van der Waals surface area contributed by atoms with Crippen LogP contribution in [0.5, 0.6) is 5.75 Å². The van der Waals surface area contributed by atoms with Crippen LogP contribution in [0.25, 0.3) is 0 Å². The largest absolute Gasteiger partial charge is 0.486 e. The number of ether oxygens (including phenoxy) is 2. The Bertz CT molecular complexity index is 312. The van der Waals surface area contributed by atoms with Crippen molar-refractivity contribution in [2.45, 2.75) is 0 Å². The van der Waals surface area contributed by atoms with Crippen LogP contribution < -0.4 is 4.74 Å². The second-order valence-corrected chi connectivity index (χ2v) is 3.63. The van der Waals surface area contributed by atoms with E-state index in [9.17, 15) is 4.79 Å². The van der Waals surface area contributed by atoms with Crippen molar-refractivity contribution < 1.29 is 14.3 Å². The highest BCUT2D eigenvalue weighted by atomic mass is 79.9. The molecule has 0 saturated heterocycles. The summed E-state index contributed by atoms with van der Waals surface area (Å²) >= 11 is 3.31. The molecule has 0 saturated carbocycles. The fourth-order valence-corrected chi connectivity index (χ4v) is 1.30. The summed E-state index contributed by atoms with van der Waals surface area (Å²) in [6.45, 7) is 0.137. The molecule has 1 aromatic carbocycles. The van der Waals surface area contributed by atoms with Gasteiger partial charge in [0.05, 0.1) is 0 Å². The SMILES string of the molecule is COCC(=O)COc1cccc(Br)c1. The molecule has 0 bridgehead atoms. The van der Waals surface area contributed by atoms with Gasteiger partial charge < -0.3 is 9.47 Å². The van der Waals surface area contributed by atoms with Crippen LogP contribution in [0.4, 0.5) is 0 Å². The predicted octanol–water partition coefficient (Wildman–Crippen LogP) is 2.04. The Kier molecular flexibility index (Phi) is 4.62. The van der Waals surface area contributed by atoms with Crippen molar-refractivity contribution in [1.29, 1.82) is 0 Å². The highest BCUT2D eigenvalue weighted by molar-refractivity contribution is 9.10. The average molecular weight is 259 g/mol. The fraction of sp³-hybridized carbons (Fsp3) is 0.300. The lowest BCUT2D eigenvalue weighted by atomic mass is 10.3. The molecular weight excluding hydrogens is 248 g/mol. The molecule has 0 aromatic heterocycles. The number of rotatable bonds is 5. The van der Waals surface area contributed by atoms with Gasteiger partial charge in [0.15, 0.2) is 5.78 Å². The molecule has 0 atom stereocenters. The number of hydrogen-bond donors (Lipinski definition) is 0. The summed E-state index contributed by atoms with van der Waals surface area (Å²) in [5.74, 6) is 0.594. The third-order valence-electron chi connectivity index (χ3n) is 1.50. The predicted molar refractivity (Wildman–Crippen MR) is 56.5 cm³/mol. The van der Waals surface area contributed by atoms with Crippen LogP contribution in [0.15, 0.2) is 28.7 Å². The number of carbonyl (C=O) groups excluding carboxylic acids is 1. The summed E-state index contributed by atoms with van der Waals surface area (Å²) in [5, 5.41) is 0. The molecular formula is C10H11BrO3. The zero-order valence-electron chi connectivity index (χ0n) is 7.83. The van der Waals surface area contributed by atoms with Crippen LogP contribution in [0.1, 0.15) is 0 Å². The average Bonchev–Trinajstić information content (AvgIpc) is 2.15. The molecule has 0 unspecified atom stereocenters. The first-order valence-corrected chi connectivity index (χ1v) is 4.90. The van der Waals surface area contributed by atoms with Gasteiger partial charge in [0, 0.05) is 11.6 Å². The maximum atomic E-state index is 11.0. The van der Waals surface area contributed by atoms with Crippen molar-refractivity contribution in [2.75, 3.05) is 20.3 Å². The Hall–Kier alpha value is -0.870. The molecule has 0 aliphatic heterocycles. The van der Waals surface area contributed by atoms with Gasteiger partial charge in [0.1, 0.15) is 19.0 Å². The molecule has 0 amide bonds. The van der Waals surface area contributed by atoms with Crippen molar-refractivity contribution in [3.05, 3.63) is 28.7 Å². The highest BCUT2D eigenvalue weighted by Crippen LogP contribution is 2.17. The molecule has 76 valence electrons. The Morgan fingerprint density at radius 2 is 2.21 bits per heavy atom. The summed E-state index contributed by atoms with van der Waals surface area (Å²) in [7, 11) is 1.48. The quantitative estimate of drug-likeness (QED) is 0.811. The summed E-state index contributed by atoms with van der Waals surface area (Å²) in [6.07, 6.45) is 0. The van der Waals surface area contributed by atoms with Crippen LogP contribution in [-0.4, -0.2) is 26.1 Å². The van der Waals surface area contributed by atoms with Gasteiger partial charge in [-0.1, -0.05) is 22.0 Å². The number of ketones is 1. The summed E-state index contributed by atoms with van der Waals surface area (Å²) in [6, 6.07) is 7.34. The van der Waals surface area contributed by atoms with E-state index >= 15 is 0 Å². The van der Waals surface area contributed by atoms with E-state index in [1.54, 1.807) is 12.1 Å². The van der Waals surface area contributed by atoms with Gasteiger partial charge in [0.25, 0.3) is 0 Å². The number of methoxy groups -OCH3 is 1. The minimum Gasteiger partial charge on any atom is -0.486 e. The zero-order chi connectivity index (χ0) is 10.4. The summed E-state index contributed by atoms with van der Waals surface area (Å²) in [5.41, 5.74) is 0. The van der Waals surface area contributed by atoms with Crippen molar-refractivity contribution in [1.82, 2.24) is 0 Å². The van der Waals surface area contributed by atoms with Crippen LogP contribution in [0.3, 0.4) is 0 Å². The third kappa shape index (κ3) is 3.89. The second-order valence-electron chi connectivity index (χ2n) is 2.72. The van der Waals surface area contributed by atoms with E-state index in [1.807, 2.05) is 12.1 Å². The Morgan fingerprint density at radius 1 is 1.43 bits per heavy atom. The Morgan fingerprint density at radius 3 is 2.86 bits per heavy atom. The molecule has 0 spiro atoms. The normalized spacial score (nSPS) is 9.86. The van der Waals surface area contributed by atoms with E-state index in [1.165, 1.54) is 7.11 Å². The highest BCUT2D eigenvalue weighted by Gasteiger charge is 2.02. The van der Waals surface area contributed by atoms with Gasteiger partial charge in [-0.2, -0.15) is 0 Å². The van der Waals surface area contributed by atoms with Crippen molar-refractivity contribution >= 4 is 21.7 Å². The number of benzene rings is 1. The van der Waals surface area contributed by atoms with E-state index in [0.29, 0.717) is 5.75 Å². The van der Waals surface area contributed by atoms with Crippen LogP contribution in [0.2, 0.25) is 0 Å². The number of halogens is 1. The smallest absolute Gasteiger partial charge is 0.195 e. The minimum absolute atomic E-state index is 0.0459. The first kappa shape index (κ1) is 11.2. The van der Waals surface area contributed by atoms with E-state index in [4.69, 9.17) is 4.74 Å². The van der Waals surface area contributed by atoms with E-state index < -0.39 is 0 Å². The van der Waals surface area contributed by atoms with Gasteiger partial charge in [-0.15, -0.1) is 0 Å². The lowest BCUT2D eigenvalue weighted by Crippen LogP contribution is -2.16. The molecule has 0 N–H and O–H groups in total. The van der Waals surface area contributed by atoms with Gasteiger partial charge >= 0.3 is 0 Å². The second kappa shape index (κ2) is 5.78. The minimum atomic E-state index is -0.0764. The topological polar surface area (TPSA) is 35.5 Å². The lowest BCUT2D eigenvalue weighted by Gasteiger charge is -2.04. The standard InChI is InChI=1S/C10H11BrO3/c1-13-6-9(12)7-14-10-4-2-3-8(11)5-10/h2-5H,6-7H2,1H3. The number of carbonyl (C=O) groups is 1. The van der Waals surface area contributed by atoms with Crippen molar-refractivity contribution in [2.24, 2.45) is 0 Å². The van der Waals surface area contributed by atoms with E-state index in [-0.39, 0.29) is 19.0 Å². The molecule has 0 fully saturated rings. The van der Waals surface area contributed by atoms with Crippen molar-refractivity contribution in [3.8, 4) is 5.75 Å². The maximum absolute atomic E-state index is 11.0. The Labute approximate surface area is 91.1 Å². The number of hydrogen-bond acceptors (Lipinski definition) is 3. The summed E-state index contributed by atoms with van der Waals surface area (Å²) < 4.78 is 10.8. The summed E-state index contributed by atoms with van der Waals surface area (Å²) in [4.78, 5) is 11.0. The zero-order valence-corrected chi connectivity index (χ0v) is 9.41. The molecule has 3 nitrogen and oxygen atoms in total. The first-order valence-electron chi connectivity index (χ1n) is 4.11. The van der Waals surface area contributed by atoms with Gasteiger partial charge in [0.2, 0.25) is 0 Å². The molecule has 1 rings (SSSR count). The molecule has 14 heavy (non-hydrogen) atoms. The lowest BCUT2D eigenvalue weighted by molar-refractivity contribution is -0.124. The van der Waals surface area contributed by atoms with E-state index in [0.717, 1.165) is 4.47 Å². The maximum Gasteiger partial charge on any atom is 0.195 e. The fourth-order valence-electron chi connectivity index (χ4n) is 0.923. The number of Topliss-reactive ketones (excluding diaryl/α,β-unsaturated/α-hetero) is 1. The molecule has 0 heterocycles. The molecule has 0 aliphatic carbocycles. The Balaban J connectivity index is 2.41. The molecule has 1 aromatic rings. The van der Waals surface area contributed by atoms with E-state index in [2.05, 4.69) is 20.7 Å². The third-order valence-corrected chi connectivity index (χ3v) is 1.99. The van der Waals surface area contributed by atoms with Crippen LogP contribution >= 0.6 is 15.9 Å². The van der Waals surface area contributed by atoms with Gasteiger partial charge in [-0.05, 0) is 18.2 Å². The van der Waals surface area contributed by atoms with Gasteiger partial charge in [-0.25, -0.2) is 0 Å². The molecule has 0 radical (unpaired) electrons. The van der Waals surface area contributed by atoms with Crippen LogP contribution in [-0.2, 0) is 9.53 Å². The molecule has 4 heteroatoms. The van der Waals surface area contributed by atoms with Crippen LogP contribution in [0, 0.1) is 0 Å². The van der Waals surface area contributed by atoms with Gasteiger partial charge in [-0.3, -0.25) is 4.79 Å². The molecule has 0 aliphatic rings. The monoisotopic (exact) mass is 258 g/mol. The van der Waals surface area contributed by atoms with Crippen molar-refractivity contribution in [3.63, 3.8) is 0 Å².